The van der Waals surface area contributed by atoms with Crippen molar-refractivity contribution in [1.29, 1.82) is 0 Å². The van der Waals surface area contributed by atoms with E-state index in [0.717, 1.165) is 25.0 Å². The van der Waals surface area contributed by atoms with Crippen molar-refractivity contribution in [3.63, 3.8) is 0 Å². The zero-order chi connectivity index (χ0) is 21.9. The third-order valence-electron chi connectivity index (χ3n) is 10.9. The lowest BCUT2D eigenvalue weighted by Crippen LogP contribution is -2.77. The molecule has 0 radical (unpaired) electrons. The van der Waals surface area contributed by atoms with Crippen LogP contribution in [0.15, 0.2) is 12.2 Å². The van der Waals surface area contributed by atoms with Gasteiger partial charge in [-0.25, -0.2) is 0 Å². The molecule has 0 aromatic rings. The molecular formula is C24H31NO6. The summed E-state index contributed by atoms with van der Waals surface area (Å²) >= 11 is 0. The number of hydrogen-bond acceptors (Lipinski definition) is 7. The average molecular weight is 430 g/mol. The van der Waals surface area contributed by atoms with Crippen molar-refractivity contribution in [2.75, 3.05) is 6.54 Å². The number of esters is 2. The lowest BCUT2D eigenvalue weighted by atomic mass is 9.39. The fourth-order valence-electron chi connectivity index (χ4n) is 11.3. The van der Waals surface area contributed by atoms with E-state index in [-0.39, 0.29) is 34.9 Å². The predicted molar refractivity (Wildman–Crippen MR) is 107 cm³/mol. The van der Waals surface area contributed by atoms with Crippen LogP contribution in [0.4, 0.5) is 0 Å². The molecule has 3 heterocycles. The molecule has 7 nitrogen and oxygen atoms in total. The normalized spacial score (nSPS) is 63.5. The number of aliphatic hydroxyl groups is 2. The van der Waals surface area contributed by atoms with Crippen molar-refractivity contribution in [3.8, 4) is 0 Å². The third kappa shape index (κ3) is 1.65. The molecule has 7 heteroatoms. The quantitative estimate of drug-likeness (QED) is 0.500. The molecule has 0 aromatic carbocycles. The Morgan fingerprint density at radius 1 is 1.13 bits per heavy atom. The Bertz CT molecular complexity index is 966. The zero-order valence-corrected chi connectivity index (χ0v) is 18.3. The van der Waals surface area contributed by atoms with Gasteiger partial charge in [0.25, 0.3) is 0 Å². The van der Waals surface area contributed by atoms with E-state index >= 15 is 0 Å². The summed E-state index contributed by atoms with van der Waals surface area (Å²) in [5.41, 5.74) is -1.20. The van der Waals surface area contributed by atoms with Gasteiger partial charge in [-0.3, -0.25) is 14.5 Å². The summed E-state index contributed by atoms with van der Waals surface area (Å²) in [5, 5.41) is 24.4. The number of hydrogen-bond donors (Lipinski definition) is 2. The van der Waals surface area contributed by atoms with Crippen LogP contribution in [0.2, 0.25) is 0 Å². The average Bonchev–Trinajstić information content (AvgIpc) is 3.03. The second kappa shape index (κ2) is 5.05. The molecule has 8 unspecified atom stereocenters. The number of piperidine rings is 2. The zero-order valence-electron chi connectivity index (χ0n) is 18.3. The Balaban J connectivity index is 1.47. The highest BCUT2D eigenvalue weighted by atomic mass is 16.6. The molecule has 2 N–H and O–H groups in total. The highest BCUT2D eigenvalue weighted by Gasteiger charge is 2.95. The van der Waals surface area contributed by atoms with Crippen LogP contribution in [-0.4, -0.2) is 69.6 Å². The van der Waals surface area contributed by atoms with Gasteiger partial charge in [-0.1, -0.05) is 19.1 Å². The van der Waals surface area contributed by atoms with Crippen LogP contribution in [0, 0.1) is 34.0 Å². The van der Waals surface area contributed by atoms with Crippen molar-refractivity contribution in [1.82, 2.24) is 4.90 Å². The Morgan fingerprint density at radius 3 is 2.52 bits per heavy atom. The second-order valence-corrected chi connectivity index (χ2v) is 12.1. The predicted octanol–water partition coefficient (Wildman–Crippen LogP) is 1.02. The topological polar surface area (TPSA) is 96.3 Å². The van der Waals surface area contributed by atoms with Crippen LogP contribution in [0.1, 0.15) is 46.5 Å². The fourth-order valence-corrected chi connectivity index (χ4v) is 11.3. The van der Waals surface area contributed by atoms with Gasteiger partial charge in [-0.15, -0.1) is 0 Å². The van der Waals surface area contributed by atoms with Gasteiger partial charge in [0.15, 0.2) is 0 Å². The van der Waals surface area contributed by atoms with E-state index in [1.165, 1.54) is 13.8 Å². The monoisotopic (exact) mass is 429 g/mol. The van der Waals surface area contributed by atoms with Gasteiger partial charge in [0.2, 0.25) is 0 Å². The largest absolute Gasteiger partial charge is 0.463 e. The molecule has 0 aromatic heterocycles. The van der Waals surface area contributed by atoms with Crippen LogP contribution in [0.25, 0.3) is 0 Å². The van der Waals surface area contributed by atoms with Gasteiger partial charge >= 0.3 is 11.9 Å². The first-order chi connectivity index (χ1) is 14.5. The van der Waals surface area contributed by atoms with E-state index in [1.807, 2.05) is 0 Å². The van der Waals surface area contributed by atoms with Crippen LogP contribution in [0.3, 0.4) is 0 Å². The maximum atomic E-state index is 12.6. The molecule has 9 rings (SSSR count). The van der Waals surface area contributed by atoms with Crippen LogP contribution < -0.4 is 0 Å². The minimum atomic E-state index is -1.21. The number of nitrogens with zero attached hydrogens (tertiary/aromatic N) is 1. The first-order valence-electron chi connectivity index (χ1n) is 11.7. The van der Waals surface area contributed by atoms with E-state index in [9.17, 15) is 19.8 Å². The molecule has 3 aliphatic heterocycles. The molecule has 3 saturated heterocycles. The van der Waals surface area contributed by atoms with Gasteiger partial charge in [0.1, 0.15) is 17.8 Å². The second-order valence-electron chi connectivity index (χ2n) is 12.1. The number of aliphatic hydroxyl groups excluding tert-OH is 1. The minimum absolute atomic E-state index is 0.0120. The number of rotatable bonds is 2. The van der Waals surface area contributed by atoms with E-state index in [1.54, 1.807) is 0 Å². The summed E-state index contributed by atoms with van der Waals surface area (Å²) < 4.78 is 11.6. The minimum Gasteiger partial charge on any atom is -0.463 e. The molecule has 9 aliphatic rings. The molecule has 6 aliphatic carbocycles. The van der Waals surface area contributed by atoms with Gasteiger partial charge in [-0.05, 0) is 37.0 Å². The molecular weight excluding hydrogens is 398 g/mol. The number of carbonyl (C=O) groups is 2. The van der Waals surface area contributed by atoms with Crippen molar-refractivity contribution in [2.24, 2.45) is 34.0 Å². The first-order valence-corrected chi connectivity index (χ1v) is 11.7. The maximum Gasteiger partial charge on any atom is 0.303 e. The van der Waals surface area contributed by atoms with Crippen LogP contribution in [-0.2, 0) is 19.1 Å². The molecule has 0 amide bonds. The SMILES string of the molecule is C=C1CC23CC4[C@H]5C67C[C@@H](OC(C)=O)C[C@@]5(C)CN4C6[C@@]2(O)C(OC(C)=O)[C@H]1C(O)C73. The molecule has 9 bridgehead atoms. The molecule has 168 valence electrons. The summed E-state index contributed by atoms with van der Waals surface area (Å²) in [4.78, 5) is 26.5. The van der Waals surface area contributed by atoms with E-state index in [2.05, 4.69) is 18.4 Å². The number of fused-ring (bicyclic) bond motifs is 1. The van der Waals surface area contributed by atoms with Crippen molar-refractivity contribution < 1.29 is 29.3 Å². The molecule has 13 atom stereocenters. The molecule has 31 heavy (non-hydrogen) atoms. The Morgan fingerprint density at radius 2 is 1.84 bits per heavy atom. The summed E-state index contributed by atoms with van der Waals surface area (Å²) in [6.07, 6.45) is 1.30. The first kappa shape index (κ1) is 19.1. The molecule has 6 saturated carbocycles. The Hall–Kier alpha value is -1.44. The molecule has 9 fully saturated rings. The smallest absolute Gasteiger partial charge is 0.303 e. The van der Waals surface area contributed by atoms with E-state index in [4.69, 9.17) is 9.47 Å². The van der Waals surface area contributed by atoms with Gasteiger partial charge in [-0.2, -0.15) is 0 Å². The van der Waals surface area contributed by atoms with Gasteiger partial charge in [0, 0.05) is 55.1 Å². The summed E-state index contributed by atoms with van der Waals surface area (Å²) in [5.74, 6) is -0.896. The lowest BCUT2D eigenvalue weighted by molar-refractivity contribution is -0.284. The van der Waals surface area contributed by atoms with Crippen LogP contribution in [0.5, 0.6) is 0 Å². The Labute approximate surface area is 181 Å². The number of carbonyl (C=O) groups excluding carboxylic acids is 2. The maximum absolute atomic E-state index is 12.6. The third-order valence-corrected chi connectivity index (χ3v) is 10.9. The summed E-state index contributed by atoms with van der Waals surface area (Å²) in [6.45, 7) is 10.3. The Kier molecular flexibility index (Phi) is 3.10. The summed E-state index contributed by atoms with van der Waals surface area (Å²) in [7, 11) is 0. The van der Waals surface area contributed by atoms with Gasteiger partial charge in [0.05, 0.1) is 6.10 Å². The van der Waals surface area contributed by atoms with Crippen LogP contribution >= 0.6 is 0 Å². The van der Waals surface area contributed by atoms with Crippen molar-refractivity contribution in [2.45, 2.75) is 82.5 Å². The van der Waals surface area contributed by atoms with Crippen molar-refractivity contribution >= 4 is 11.9 Å². The highest BCUT2D eigenvalue weighted by Crippen LogP contribution is 2.88. The standard InChI is InChI=1S/C24H31NO6/c1-10-5-22-8-14-17-21(4)6-13(30-11(2)26)7-23(17)18(22)16(28)15(10)19(31-12(3)27)24(22,29)20(23)25(14)9-21/h13-20,28-29H,1,5-9H2,2-4H3/t13-,14?,15+,16?,17+,18?,19?,20?,21-,22?,23?,24-/m0/s1. The van der Waals surface area contributed by atoms with E-state index < -0.39 is 35.1 Å². The molecule has 2 spiro atoms. The highest BCUT2D eigenvalue weighted by molar-refractivity contribution is 5.67. The number of ether oxygens (including phenoxy) is 2. The fraction of sp³-hybridized carbons (Fsp3) is 0.833. The lowest BCUT2D eigenvalue weighted by Gasteiger charge is -2.68. The summed E-state index contributed by atoms with van der Waals surface area (Å²) in [6, 6.07) is 0.176. The van der Waals surface area contributed by atoms with E-state index in [0.29, 0.717) is 24.8 Å². The van der Waals surface area contributed by atoms with Crippen molar-refractivity contribution in [3.05, 3.63) is 12.2 Å². The van der Waals surface area contributed by atoms with Gasteiger partial charge < -0.3 is 19.7 Å².